The minimum Gasteiger partial charge on any atom is -0.378 e. The molecule has 0 spiro atoms. The summed E-state index contributed by atoms with van der Waals surface area (Å²) in [4.78, 5) is 26.5. The van der Waals surface area contributed by atoms with Crippen LogP contribution >= 0.6 is 0 Å². The first kappa shape index (κ1) is 21.6. The predicted octanol–water partition coefficient (Wildman–Crippen LogP) is 4.85. The molecule has 0 aliphatic heterocycles. The van der Waals surface area contributed by atoms with Crippen LogP contribution in [0.5, 0.6) is 0 Å². The molecule has 0 aliphatic rings. The van der Waals surface area contributed by atoms with E-state index >= 15 is 0 Å². The number of rotatable bonds is 7. The van der Waals surface area contributed by atoms with Crippen molar-refractivity contribution in [2.45, 2.75) is 32.9 Å². The van der Waals surface area contributed by atoms with Gasteiger partial charge in [0.1, 0.15) is 12.4 Å². The number of amides is 1. The van der Waals surface area contributed by atoms with Crippen molar-refractivity contribution in [1.29, 1.82) is 0 Å². The van der Waals surface area contributed by atoms with Gasteiger partial charge in [0.15, 0.2) is 0 Å². The second-order valence-corrected chi connectivity index (χ2v) is 8.45. The number of para-hydroxylation sites is 2. The van der Waals surface area contributed by atoms with Crippen molar-refractivity contribution in [3.05, 3.63) is 84.4 Å². The van der Waals surface area contributed by atoms with Crippen LogP contribution in [0.2, 0.25) is 0 Å². The summed E-state index contributed by atoms with van der Waals surface area (Å²) in [6.07, 6.45) is 3.51. The van der Waals surface area contributed by atoms with Gasteiger partial charge in [-0.2, -0.15) is 0 Å². The van der Waals surface area contributed by atoms with Crippen LogP contribution in [-0.2, 0) is 17.9 Å². The molecule has 0 saturated carbocycles. The number of nitrogens with zero attached hydrogens (tertiary/aromatic N) is 5. The molecule has 4 rings (SSSR count). The minimum absolute atomic E-state index is 0.0180. The monoisotopic (exact) mass is 427 g/mol. The Balaban J connectivity index is 1.70. The van der Waals surface area contributed by atoms with Crippen molar-refractivity contribution in [3.8, 4) is 0 Å². The van der Waals surface area contributed by atoms with Gasteiger partial charge in [-0.15, -0.1) is 0 Å². The average molecular weight is 428 g/mol. The Morgan fingerprint density at radius 1 is 0.938 bits per heavy atom. The van der Waals surface area contributed by atoms with Crippen molar-refractivity contribution in [1.82, 2.24) is 14.5 Å². The number of fused-ring (bicyclic) bond motifs is 1. The van der Waals surface area contributed by atoms with Gasteiger partial charge >= 0.3 is 0 Å². The molecule has 2 aromatic heterocycles. The van der Waals surface area contributed by atoms with E-state index < -0.39 is 0 Å². The Kier molecular flexibility index (Phi) is 6.21. The van der Waals surface area contributed by atoms with Crippen LogP contribution in [0.4, 0.5) is 11.4 Å². The lowest BCUT2D eigenvalue weighted by molar-refractivity contribution is -0.119. The van der Waals surface area contributed by atoms with Crippen LogP contribution in [0, 0.1) is 0 Å². The standard InChI is InChI=1S/C26H29N5O/c1-19(2)26-28-23-7-5-6-8-24(23)31(26)18-25(32)30(17-20-13-15-27-16-14-20)22-11-9-21(10-12-22)29(3)4/h5-16,19H,17-18H2,1-4H3. The molecule has 6 heteroatoms. The van der Waals surface area contributed by atoms with Crippen LogP contribution in [0.25, 0.3) is 11.0 Å². The molecule has 1 amide bonds. The van der Waals surface area contributed by atoms with Gasteiger partial charge in [-0.05, 0) is 54.1 Å². The number of aromatic nitrogens is 3. The number of hydrogen-bond acceptors (Lipinski definition) is 4. The van der Waals surface area contributed by atoms with Crippen LogP contribution in [0.1, 0.15) is 31.2 Å². The quantitative estimate of drug-likeness (QED) is 0.423. The van der Waals surface area contributed by atoms with E-state index in [9.17, 15) is 4.79 Å². The highest BCUT2D eigenvalue weighted by atomic mass is 16.2. The molecule has 4 aromatic rings. The molecule has 164 valence electrons. The van der Waals surface area contributed by atoms with Gasteiger partial charge in [-0.25, -0.2) is 4.98 Å². The Morgan fingerprint density at radius 2 is 1.59 bits per heavy atom. The summed E-state index contributed by atoms with van der Waals surface area (Å²) in [6.45, 7) is 4.93. The van der Waals surface area contributed by atoms with Crippen LogP contribution in [-0.4, -0.2) is 34.5 Å². The lowest BCUT2D eigenvalue weighted by Crippen LogP contribution is -2.34. The van der Waals surface area contributed by atoms with Crippen molar-refractivity contribution in [3.63, 3.8) is 0 Å². The van der Waals surface area contributed by atoms with Gasteiger partial charge in [0.05, 0.1) is 17.6 Å². The zero-order valence-electron chi connectivity index (χ0n) is 19.1. The highest BCUT2D eigenvalue weighted by Crippen LogP contribution is 2.25. The molecule has 0 N–H and O–H groups in total. The Labute approximate surface area is 189 Å². The average Bonchev–Trinajstić information content (AvgIpc) is 3.17. The van der Waals surface area contributed by atoms with E-state index in [0.29, 0.717) is 6.54 Å². The summed E-state index contributed by atoms with van der Waals surface area (Å²) >= 11 is 0. The first-order valence-corrected chi connectivity index (χ1v) is 10.9. The summed E-state index contributed by atoms with van der Waals surface area (Å²) in [6, 6.07) is 20.0. The number of carbonyl (C=O) groups is 1. The number of anilines is 2. The fraction of sp³-hybridized carbons (Fsp3) is 0.269. The molecule has 0 fully saturated rings. The Hall–Kier alpha value is -3.67. The summed E-state index contributed by atoms with van der Waals surface area (Å²) < 4.78 is 2.05. The molecule has 0 aliphatic carbocycles. The van der Waals surface area contributed by atoms with Crippen LogP contribution in [0.15, 0.2) is 73.1 Å². The first-order valence-electron chi connectivity index (χ1n) is 10.9. The van der Waals surface area contributed by atoms with Crippen molar-refractivity contribution in [2.24, 2.45) is 0 Å². The second-order valence-electron chi connectivity index (χ2n) is 8.45. The number of carbonyl (C=O) groups excluding carboxylic acids is 1. The molecule has 0 bridgehead atoms. The van der Waals surface area contributed by atoms with E-state index in [2.05, 4.69) is 23.4 Å². The van der Waals surface area contributed by atoms with Crippen molar-refractivity contribution >= 4 is 28.3 Å². The van der Waals surface area contributed by atoms with Gasteiger partial charge in [0.25, 0.3) is 0 Å². The van der Waals surface area contributed by atoms with E-state index in [0.717, 1.165) is 33.8 Å². The second kappa shape index (κ2) is 9.22. The lowest BCUT2D eigenvalue weighted by atomic mass is 10.2. The SMILES string of the molecule is CC(C)c1nc2ccccc2n1CC(=O)N(Cc1ccncc1)c1ccc(N(C)C)cc1. The van der Waals surface area contributed by atoms with E-state index in [1.54, 1.807) is 12.4 Å². The first-order chi connectivity index (χ1) is 15.4. The summed E-state index contributed by atoms with van der Waals surface area (Å²) in [5.41, 5.74) is 4.89. The molecule has 0 saturated heterocycles. The minimum atomic E-state index is 0.0180. The molecule has 0 atom stereocenters. The maximum absolute atomic E-state index is 13.7. The topological polar surface area (TPSA) is 54.3 Å². The third-order valence-corrected chi connectivity index (χ3v) is 5.56. The fourth-order valence-electron chi connectivity index (χ4n) is 3.85. The Bertz CT molecular complexity index is 1200. The largest absolute Gasteiger partial charge is 0.378 e. The molecule has 0 radical (unpaired) electrons. The summed E-state index contributed by atoms with van der Waals surface area (Å²) in [7, 11) is 4.01. The Morgan fingerprint density at radius 3 is 2.25 bits per heavy atom. The molecule has 2 heterocycles. The normalized spacial score (nSPS) is 11.2. The van der Waals surface area contributed by atoms with Crippen LogP contribution in [0.3, 0.4) is 0 Å². The fourth-order valence-corrected chi connectivity index (χ4v) is 3.85. The van der Waals surface area contributed by atoms with E-state index in [4.69, 9.17) is 4.98 Å². The maximum atomic E-state index is 13.7. The van der Waals surface area contributed by atoms with Crippen molar-refractivity contribution < 1.29 is 4.79 Å². The lowest BCUT2D eigenvalue weighted by Gasteiger charge is -2.25. The van der Waals surface area contributed by atoms with Gasteiger partial charge < -0.3 is 14.4 Å². The zero-order chi connectivity index (χ0) is 22.7. The summed E-state index contributed by atoms with van der Waals surface area (Å²) in [5.74, 6) is 1.15. The third-order valence-electron chi connectivity index (χ3n) is 5.56. The molecule has 6 nitrogen and oxygen atoms in total. The molecular weight excluding hydrogens is 398 g/mol. The molecular formula is C26H29N5O. The van der Waals surface area contributed by atoms with E-state index in [1.165, 1.54) is 0 Å². The van der Waals surface area contributed by atoms with Gasteiger partial charge in [0, 0.05) is 43.8 Å². The molecule has 0 unspecified atom stereocenters. The number of benzene rings is 2. The van der Waals surface area contributed by atoms with Gasteiger partial charge in [0.2, 0.25) is 5.91 Å². The number of hydrogen-bond donors (Lipinski definition) is 0. The van der Waals surface area contributed by atoms with E-state index in [-0.39, 0.29) is 18.4 Å². The van der Waals surface area contributed by atoms with Crippen molar-refractivity contribution in [2.75, 3.05) is 23.9 Å². The van der Waals surface area contributed by atoms with Gasteiger partial charge in [-0.3, -0.25) is 9.78 Å². The highest BCUT2D eigenvalue weighted by molar-refractivity contribution is 5.94. The highest BCUT2D eigenvalue weighted by Gasteiger charge is 2.21. The van der Waals surface area contributed by atoms with Crippen LogP contribution < -0.4 is 9.80 Å². The van der Waals surface area contributed by atoms with Gasteiger partial charge in [-0.1, -0.05) is 26.0 Å². The maximum Gasteiger partial charge on any atom is 0.247 e. The third kappa shape index (κ3) is 4.49. The number of pyridine rings is 1. The summed E-state index contributed by atoms with van der Waals surface area (Å²) in [5, 5.41) is 0. The van der Waals surface area contributed by atoms with E-state index in [1.807, 2.05) is 84.6 Å². The zero-order valence-corrected chi connectivity index (χ0v) is 19.1. The smallest absolute Gasteiger partial charge is 0.247 e. The molecule has 32 heavy (non-hydrogen) atoms. The predicted molar refractivity (Wildman–Crippen MR) is 130 cm³/mol. The molecule has 2 aromatic carbocycles. The number of imidazole rings is 1.